The summed E-state index contributed by atoms with van der Waals surface area (Å²) in [6.07, 6.45) is 0.566. The zero-order valence-electron chi connectivity index (χ0n) is 12.1. The molecule has 0 aliphatic rings. The minimum atomic E-state index is -0.560. The molecule has 2 amide bonds. The quantitative estimate of drug-likeness (QED) is 0.787. The third kappa shape index (κ3) is 4.45. The number of hydrogen-bond acceptors (Lipinski definition) is 4. The highest BCUT2D eigenvalue weighted by atomic mass is 32.1. The Morgan fingerprint density at radius 3 is 2.25 bits per heavy atom. The van der Waals surface area contributed by atoms with E-state index >= 15 is 0 Å². The summed E-state index contributed by atoms with van der Waals surface area (Å²) in [7, 11) is 1.54. The maximum Gasteiger partial charge on any atom is 0.262 e. The summed E-state index contributed by atoms with van der Waals surface area (Å²) < 4.78 is 0. The first-order chi connectivity index (χ1) is 9.35. The normalized spacial score (nSPS) is 12.1. The summed E-state index contributed by atoms with van der Waals surface area (Å²) >= 11 is 1.14. The minimum absolute atomic E-state index is 0.0703. The molecule has 1 heterocycles. The Morgan fingerprint density at radius 1 is 1.20 bits per heavy atom. The number of rotatable bonds is 6. The van der Waals surface area contributed by atoms with Crippen LogP contribution >= 0.6 is 11.3 Å². The van der Waals surface area contributed by atoms with Gasteiger partial charge in [0.15, 0.2) is 5.78 Å². The second-order valence-electron chi connectivity index (χ2n) is 4.99. The predicted octanol–water partition coefficient (Wildman–Crippen LogP) is 1.84. The lowest BCUT2D eigenvalue weighted by atomic mass is 10.0. The van der Waals surface area contributed by atoms with E-state index in [-0.39, 0.29) is 23.5 Å². The number of hydrogen-bond donors (Lipinski definition) is 2. The van der Waals surface area contributed by atoms with Gasteiger partial charge in [-0.25, -0.2) is 0 Å². The van der Waals surface area contributed by atoms with Gasteiger partial charge < -0.3 is 10.6 Å². The van der Waals surface area contributed by atoms with Gasteiger partial charge in [0.1, 0.15) is 6.04 Å². The van der Waals surface area contributed by atoms with Crippen molar-refractivity contribution in [2.45, 2.75) is 33.2 Å². The summed E-state index contributed by atoms with van der Waals surface area (Å²) in [6.45, 7) is 5.43. The van der Waals surface area contributed by atoms with Gasteiger partial charge in [-0.3, -0.25) is 14.4 Å². The van der Waals surface area contributed by atoms with Crippen LogP contribution in [0.25, 0.3) is 0 Å². The molecule has 5 nitrogen and oxygen atoms in total. The van der Waals surface area contributed by atoms with Crippen molar-refractivity contribution < 1.29 is 14.4 Å². The standard InChI is InChI=1S/C14H20N2O3S/c1-8(2)7-10(13(18)15-4)16-14(19)12-6-5-11(20-12)9(3)17/h5-6,8,10H,7H2,1-4H3,(H,15,18)(H,16,19). The van der Waals surface area contributed by atoms with Gasteiger partial charge in [0.05, 0.1) is 9.75 Å². The highest BCUT2D eigenvalue weighted by Crippen LogP contribution is 2.17. The molecule has 0 saturated carbocycles. The van der Waals surface area contributed by atoms with Crippen molar-refractivity contribution in [1.82, 2.24) is 10.6 Å². The van der Waals surface area contributed by atoms with Crippen LogP contribution in [-0.2, 0) is 4.79 Å². The van der Waals surface area contributed by atoms with Crippen molar-refractivity contribution in [3.8, 4) is 0 Å². The summed E-state index contributed by atoms with van der Waals surface area (Å²) in [5.41, 5.74) is 0. The van der Waals surface area contributed by atoms with Gasteiger partial charge in [-0.2, -0.15) is 0 Å². The average molecular weight is 296 g/mol. The molecule has 1 aromatic heterocycles. The molecule has 0 spiro atoms. The van der Waals surface area contributed by atoms with E-state index in [9.17, 15) is 14.4 Å². The van der Waals surface area contributed by atoms with Crippen molar-refractivity contribution >= 4 is 28.9 Å². The molecule has 20 heavy (non-hydrogen) atoms. The first-order valence-corrected chi connectivity index (χ1v) is 7.30. The van der Waals surface area contributed by atoms with E-state index in [1.807, 2.05) is 13.8 Å². The maximum absolute atomic E-state index is 12.1. The molecule has 0 fully saturated rings. The van der Waals surface area contributed by atoms with E-state index in [0.29, 0.717) is 16.2 Å². The van der Waals surface area contributed by atoms with E-state index < -0.39 is 6.04 Å². The number of ketones is 1. The van der Waals surface area contributed by atoms with Gasteiger partial charge in [-0.1, -0.05) is 13.8 Å². The summed E-state index contributed by atoms with van der Waals surface area (Å²) in [5, 5.41) is 5.26. The van der Waals surface area contributed by atoms with E-state index in [0.717, 1.165) is 11.3 Å². The van der Waals surface area contributed by atoms with Gasteiger partial charge in [0.25, 0.3) is 5.91 Å². The van der Waals surface area contributed by atoms with Crippen LogP contribution < -0.4 is 10.6 Å². The third-order valence-electron chi connectivity index (χ3n) is 2.75. The SMILES string of the molecule is CNC(=O)C(CC(C)C)NC(=O)c1ccc(C(C)=O)s1. The third-order valence-corrected chi connectivity index (χ3v) is 3.94. The largest absolute Gasteiger partial charge is 0.357 e. The van der Waals surface area contributed by atoms with Gasteiger partial charge in [-0.05, 0) is 31.4 Å². The molecule has 0 radical (unpaired) electrons. The molecule has 0 aliphatic carbocycles. The Balaban J connectivity index is 2.78. The van der Waals surface area contributed by atoms with Crippen LogP contribution in [0.15, 0.2) is 12.1 Å². The highest BCUT2D eigenvalue weighted by Gasteiger charge is 2.22. The first-order valence-electron chi connectivity index (χ1n) is 6.48. The zero-order chi connectivity index (χ0) is 15.3. The second kappa shape index (κ2) is 7.19. The van der Waals surface area contributed by atoms with Crippen molar-refractivity contribution in [2.24, 2.45) is 5.92 Å². The van der Waals surface area contributed by atoms with Crippen molar-refractivity contribution in [3.05, 3.63) is 21.9 Å². The number of thiophene rings is 1. The molecule has 1 rings (SSSR count). The molecular weight excluding hydrogens is 276 g/mol. The monoisotopic (exact) mass is 296 g/mol. The predicted molar refractivity (Wildman–Crippen MR) is 79.1 cm³/mol. The molecule has 1 unspecified atom stereocenters. The van der Waals surface area contributed by atoms with E-state index in [1.165, 1.54) is 6.92 Å². The number of carbonyl (C=O) groups is 3. The lowest BCUT2D eigenvalue weighted by molar-refractivity contribution is -0.122. The molecule has 2 N–H and O–H groups in total. The summed E-state index contributed by atoms with van der Waals surface area (Å²) in [6, 6.07) is 2.67. The molecule has 0 aromatic carbocycles. The van der Waals surface area contributed by atoms with Crippen molar-refractivity contribution in [3.63, 3.8) is 0 Å². The number of likely N-dealkylation sites (N-methyl/N-ethyl adjacent to an activating group) is 1. The zero-order valence-corrected chi connectivity index (χ0v) is 13.0. The van der Waals surface area contributed by atoms with Crippen LogP contribution in [0, 0.1) is 5.92 Å². The Bertz CT molecular complexity index is 508. The fourth-order valence-electron chi connectivity index (χ4n) is 1.76. The Hall–Kier alpha value is -1.69. The smallest absolute Gasteiger partial charge is 0.262 e. The fraction of sp³-hybridized carbons (Fsp3) is 0.500. The minimum Gasteiger partial charge on any atom is -0.357 e. The van der Waals surface area contributed by atoms with Crippen LogP contribution in [0.2, 0.25) is 0 Å². The van der Waals surface area contributed by atoms with Crippen LogP contribution in [0.4, 0.5) is 0 Å². The van der Waals surface area contributed by atoms with Crippen molar-refractivity contribution in [1.29, 1.82) is 0 Å². The van der Waals surface area contributed by atoms with E-state index in [1.54, 1.807) is 19.2 Å². The lowest BCUT2D eigenvalue weighted by Crippen LogP contribution is -2.46. The summed E-state index contributed by atoms with van der Waals surface area (Å²) in [5.74, 6) is -0.319. The van der Waals surface area contributed by atoms with Crippen LogP contribution in [0.5, 0.6) is 0 Å². The highest BCUT2D eigenvalue weighted by molar-refractivity contribution is 7.15. The van der Waals surface area contributed by atoms with Crippen molar-refractivity contribution in [2.75, 3.05) is 7.05 Å². The van der Waals surface area contributed by atoms with Crippen LogP contribution in [-0.4, -0.2) is 30.7 Å². The molecule has 6 heteroatoms. The first kappa shape index (κ1) is 16.4. The Kier molecular flexibility index (Phi) is 5.88. The Labute approximate surface area is 122 Å². The lowest BCUT2D eigenvalue weighted by Gasteiger charge is -2.18. The second-order valence-corrected chi connectivity index (χ2v) is 6.07. The van der Waals surface area contributed by atoms with Crippen LogP contribution in [0.3, 0.4) is 0 Å². The molecule has 0 aliphatic heterocycles. The summed E-state index contributed by atoms with van der Waals surface area (Å²) in [4.78, 5) is 36.0. The molecular formula is C14H20N2O3S. The average Bonchev–Trinajstić information content (AvgIpc) is 2.86. The number of Topliss-reactive ketones (excluding diaryl/α,β-unsaturated/α-hetero) is 1. The van der Waals surface area contributed by atoms with E-state index in [4.69, 9.17) is 0 Å². The number of carbonyl (C=O) groups excluding carboxylic acids is 3. The van der Waals surface area contributed by atoms with Crippen LogP contribution in [0.1, 0.15) is 46.5 Å². The molecule has 0 bridgehead atoms. The van der Waals surface area contributed by atoms with Gasteiger partial charge in [-0.15, -0.1) is 11.3 Å². The van der Waals surface area contributed by atoms with Gasteiger partial charge >= 0.3 is 0 Å². The maximum atomic E-state index is 12.1. The van der Waals surface area contributed by atoms with Gasteiger partial charge in [0.2, 0.25) is 5.91 Å². The number of amides is 2. The molecule has 110 valence electrons. The van der Waals surface area contributed by atoms with E-state index in [2.05, 4.69) is 10.6 Å². The topological polar surface area (TPSA) is 75.3 Å². The molecule has 0 saturated heterocycles. The van der Waals surface area contributed by atoms with Gasteiger partial charge in [0, 0.05) is 7.05 Å². The Morgan fingerprint density at radius 2 is 1.80 bits per heavy atom. The number of nitrogens with one attached hydrogen (secondary N) is 2. The molecule has 1 atom stereocenters. The fourth-order valence-corrected chi connectivity index (χ4v) is 2.56. The molecule has 1 aromatic rings.